The van der Waals surface area contributed by atoms with Gasteiger partial charge in [-0.05, 0) is 31.1 Å². The Labute approximate surface area is 188 Å². The van der Waals surface area contributed by atoms with E-state index < -0.39 is 13.6 Å². The lowest BCUT2D eigenvalue weighted by Crippen LogP contribution is -2.16. The topological polar surface area (TPSA) is 85.7 Å². The molecule has 7 heteroatoms. The molecule has 0 aliphatic heterocycles. The van der Waals surface area contributed by atoms with Crippen LogP contribution in [0, 0.1) is 0 Å². The lowest BCUT2D eigenvalue weighted by atomic mass is 10.1. The molecular weight excluding hydrogens is 413 g/mol. The van der Waals surface area contributed by atoms with Gasteiger partial charge in [-0.2, -0.15) is 0 Å². The summed E-state index contributed by atoms with van der Waals surface area (Å²) in [5.41, 5.74) is 0.642. The van der Waals surface area contributed by atoms with Gasteiger partial charge in [-0.3, -0.25) is 4.57 Å². The second-order valence-corrected chi connectivity index (χ2v) is 9.76. The van der Waals surface area contributed by atoms with Gasteiger partial charge in [0.2, 0.25) is 0 Å². The van der Waals surface area contributed by atoms with Crippen LogP contribution in [-0.4, -0.2) is 29.3 Å². The minimum absolute atomic E-state index is 0.233. The van der Waals surface area contributed by atoms with Gasteiger partial charge in [-0.15, -0.1) is 0 Å². The first-order valence-electron chi connectivity index (χ1n) is 11.8. The monoisotopic (exact) mass is 453 g/mol. The number of unbranched alkanes of at least 4 members (excludes halogenated alkanes) is 10. The Balaban J connectivity index is 2.69. The van der Waals surface area contributed by atoms with E-state index >= 15 is 0 Å². The average molecular weight is 454 g/mol. The summed E-state index contributed by atoms with van der Waals surface area (Å²) in [4.78, 5) is 15.1. The molecule has 0 fully saturated rings. The van der Waals surface area contributed by atoms with Gasteiger partial charge in [0, 0.05) is 6.08 Å². The molecule has 1 rings (SSSR count). The van der Waals surface area contributed by atoms with Crippen molar-refractivity contribution in [3.8, 4) is 0 Å². The Kier molecular flexibility index (Phi) is 15.2. The van der Waals surface area contributed by atoms with Crippen LogP contribution in [0.5, 0.6) is 0 Å². The molecule has 31 heavy (non-hydrogen) atoms. The molecule has 0 atom stereocenters. The fourth-order valence-corrected chi connectivity index (χ4v) is 4.73. The van der Waals surface area contributed by atoms with Crippen molar-refractivity contribution in [2.45, 2.75) is 90.9 Å². The molecule has 0 unspecified atom stereocenters. The summed E-state index contributed by atoms with van der Waals surface area (Å²) >= 11 is 0. The molecular formula is C24H40NO5P. The van der Waals surface area contributed by atoms with Gasteiger partial charge in [-0.1, -0.05) is 84.1 Å². The summed E-state index contributed by atoms with van der Waals surface area (Å²) in [6, 6.07) is 4.98. The average Bonchev–Trinajstić information content (AvgIpc) is 2.76. The fourth-order valence-electron chi connectivity index (χ4n) is 3.15. The standard InChI is InChI=1S/C24H40NO5P/c1-3-5-7-9-11-13-20-29-31(28,30-21-14-12-10-8-6-4-2)23-17-15-16-22(25-23)18-19-24(26)27/h15-19H,3-14,20-21H2,1-2H3,(H,26,27). The molecule has 1 N–H and O–H groups in total. The maximum absolute atomic E-state index is 13.5. The van der Waals surface area contributed by atoms with Crippen LogP contribution in [0.25, 0.3) is 6.08 Å². The number of pyridine rings is 1. The fraction of sp³-hybridized carbons (Fsp3) is 0.667. The molecule has 6 nitrogen and oxygen atoms in total. The van der Waals surface area contributed by atoms with Crippen LogP contribution in [0.3, 0.4) is 0 Å². The lowest BCUT2D eigenvalue weighted by Gasteiger charge is -2.18. The number of aliphatic carboxylic acids is 1. The first kappa shape index (κ1) is 27.5. The van der Waals surface area contributed by atoms with E-state index in [9.17, 15) is 9.36 Å². The minimum atomic E-state index is -3.56. The molecule has 0 saturated carbocycles. The van der Waals surface area contributed by atoms with Crippen molar-refractivity contribution in [1.82, 2.24) is 4.98 Å². The third kappa shape index (κ3) is 12.8. The van der Waals surface area contributed by atoms with Crippen molar-refractivity contribution in [2.24, 2.45) is 0 Å². The van der Waals surface area contributed by atoms with Gasteiger partial charge in [0.25, 0.3) is 0 Å². The summed E-state index contributed by atoms with van der Waals surface area (Å²) in [5, 5.41) is 8.83. The molecule has 1 heterocycles. The molecule has 1 aromatic heterocycles. The van der Waals surface area contributed by atoms with Crippen molar-refractivity contribution in [3.05, 3.63) is 30.0 Å². The van der Waals surface area contributed by atoms with Gasteiger partial charge in [-0.25, -0.2) is 9.78 Å². The van der Waals surface area contributed by atoms with Crippen molar-refractivity contribution in [1.29, 1.82) is 0 Å². The molecule has 0 amide bonds. The highest BCUT2D eigenvalue weighted by Gasteiger charge is 2.29. The Bertz CT molecular complexity index is 670. The van der Waals surface area contributed by atoms with Crippen LogP contribution in [0.1, 0.15) is 96.6 Å². The molecule has 0 spiro atoms. The zero-order valence-corrected chi connectivity index (χ0v) is 20.2. The van der Waals surface area contributed by atoms with Crippen LogP contribution in [-0.2, 0) is 18.4 Å². The minimum Gasteiger partial charge on any atom is -0.478 e. The molecule has 0 saturated heterocycles. The Morgan fingerprint density at radius 2 is 1.42 bits per heavy atom. The number of rotatable bonds is 19. The highest BCUT2D eigenvalue weighted by Crippen LogP contribution is 2.46. The molecule has 176 valence electrons. The number of carbonyl (C=O) groups is 1. The van der Waals surface area contributed by atoms with Crippen LogP contribution >= 0.6 is 7.60 Å². The van der Waals surface area contributed by atoms with Crippen molar-refractivity contribution in [3.63, 3.8) is 0 Å². The second kappa shape index (κ2) is 17.1. The molecule has 0 aromatic carbocycles. The Morgan fingerprint density at radius 1 is 0.903 bits per heavy atom. The van der Waals surface area contributed by atoms with Gasteiger partial charge in [0.1, 0.15) is 0 Å². The SMILES string of the molecule is CCCCCCCCOP(=O)(OCCCCCCCC)c1cccc(C=CC(=O)O)n1. The number of hydrogen-bond acceptors (Lipinski definition) is 5. The quantitative estimate of drug-likeness (QED) is 0.142. The molecule has 0 aliphatic carbocycles. The normalized spacial score (nSPS) is 11.9. The highest BCUT2D eigenvalue weighted by atomic mass is 31.2. The van der Waals surface area contributed by atoms with Crippen molar-refractivity contribution >= 4 is 25.1 Å². The highest BCUT2D eigenvalue weighted by molar-refractivity contribution is 7.61. The number of carboxylic acid groups (broad SMARTS) is 1. The van der Waals surface area contributed by atoms with E-state index in [0.717, 1.165) is 44.6 Å². The molecule has 0 bridgehead atoms. The summed E-state index contributed by atoms with van der Waals surface area (Å²) in [6.07, 6.45) is 15.7. The van der Waals surface area contributed by atoms with Crippen LogP contribution < -0.4 is 5.44 Å². The van der Waals surface area contributed by atoms with E-state index in [-0.39, 0.29) is 5.44 Å². The number of carboxylic acids is 1. The van der Waals surface area contributed by atoms with E-state index in [1.165, 1.54) is 44.6 Å². The smallest absolute Gasteiger partial charge is 0.379 e. The Morgan fingerprint density at radius 3 is 1.94 bits per heavy atom. The van der Waals surface area contributed by atoms with Crippen LogP contribution in [0.2, 0.25) is 0 Å². The summed E-state index contributed by atoms with van der Waals surface area (Å²) in [6.45, 7) is 5.09. The first-order chi connectivity index (χ1) is 15.0. The van der Waals surface area contributed by atoms with E-state index in [1.54, 1.807) is 18.2 Å². The summed E-state index contributed by atoms with van der Waals surface area (Å²) < 4.78 is 25.1. The van der Waals surface area contributed by atoms with E-state index in [4.69, 9.17) is 14.2 Å². The Hall–Kier alpha value is -1.49. The maximum Gasteiger partial charge on any atom is 0.379 e. The van der Waals surface area contributed by atoms with Crippen LogP contribution in [0.15, 0.2) is 24.3 Å². The summed E-state index contributed by atoms with van der Waals surface area (Å²) in [7, 11) is -3.56. The zero-order valence-electron chi connectivity index (χ0n) is 19.3. The lowest BCUT2D eigenvalue weighted by molar-refractivity contribution is -0.131. The number of aromatic nitrogens is 1. The van der Waals surface area contributed by atoms with E-state index in [0.29, 0.717) is 18.9 Å². The third-order valence-electron chi connectivity index (χ3n) is 4.95. The maximum atomic E-state index is 13.5. The van der Waals surface area contributed by atoms with Crippen LogP contribution in [0.4, 0.5) is 0 Å². The predicted molar refractivity (Wildman–Crippen MR) is 127 cm³/mol. The van der Waals surface area contributed by atoms with Crippen molar-refractivity contribution < 1.29 is 23.5 Å². The van der Waals surface area contributed by atoms with Gasteiger partial charge >= 0.3 is 13.6 Å². The second-order valence-electron chi connectivity index (χ2n) is 7.79. The van der Waals surface area contributed by atoms with E-state index in [2.05, 4.69) is 18.8 Å². The van der Waals surface area contributed by atoms with Gasteiger partial charge < -0.3 is 14.2 Å². The van der Waals surface area contributed by atoms with Gasteiger partial charge in [0.15, 0.2) is 5.44 Å². The zero-order chi connectivity index (χ0) is 22.8. The van der Waals surface area contributed by atoms with E-state index in [1.807, 2.05) is 0 Å². The third-order valence-corrected chi connectivity index (χ3v) is 6.81. The molecule has 0 aliphatic rings. The largest absolute Gasteiger partial charge is 0.478 e. The van der Waals surface area contributed by atoms with Crippen molar-refractivity contribution in [2.75, 3.05) is 13.2 Å². The predicted octanol–water partition coefficient (Wildman–Crippen LogP) is 6.75. The van der Waals surface area contributed by atoms with Gasteiger partial charge in [0.05, 0.1) is 18.9 Å². The number of hydrogen-bond donors (Lipinski definition) is 1. The molecule has 0 radical (unpaired) electrons. The molecule has 1 aromatic rings. The summed E-state index contributed by atoms with van der Waals surface area (Å²) in [5.74, 6) is -1.06. The first-order valence-corrected chi connectivity index (χ1v) is 13.3. The number of nitrogens with zero attached hydrogens (tertiary/aromatic N) is 1.